The minimum absolute atomic E-state index is 0.0861. The predicted octanol–water partition coefficient (Wildman–Crippen LogP) is 0.385. The van der Waals surface area contributed by atoms with Crippen molar-refractivity contribution in [2.75, 3.05) is 0 Å². The van der Waals surface area contributed by atoms with E-state index in [0.29, 0.717) is 4.88 Å². The lowest BCUT2D eigenvalue weighted by Crippen LogP contribution is -2.44. The molecule has 1 heterocycles. The Hall–Kier alpha value is -0.960. The highest BCUT2D eigenvalue weighted by Gasteiger charge is 2.19. The van der Waals surface area contributed by atoms with Crippen molar-refractivity contribution in [3.8, 4) is 0 Å². The molecule has 0 fully saturated rings. The summed E-state index contributed by atoms with van der Waals surface area (Å²) in [6, 6.07) is 2.50. The van der Waals surface area contributed by atoms with Gasteiger partial charge in [-0.3, -0.25) is 4.79 Å². The van der Waals surface area contributed by atoms with E-state index in [1.54, 1.807) is 6.07 Å². The van der Waals surface area contributed by atoms with E-state index in [1.165, 1.54) is 6.07 Å². The van der Waals surface area contributed by atoms with Gasteiger partial charge in [-0.15, -0.1) is 11.3 Å². The van der Waals surface area contributed by atoms with Crippen LogP contribution in [0.25, 0.3) is 0 Å². The lowest BCUT2D eigenvalue weighted by molar-refractivity contribution is -0.123. The van der Waals surface area contributed by atoms with Gasteiger partial charge in [0.2, 0.25) is 15.9 Å². The van der Waals surface area contributed by atoms with Gasteiger partial charge in [0.05, 0.1) is 12.6 Å². The number of amides is 1. The van der Waals surface area contributed by atoms with E-state index in [4.69, 9.17) is 10.9 Å². The zero-order chi connectivity index (χ0) is 14.6. The van der Waals surface area contributed by atoms with Crippen LogP contribution in [-0.2, 0) is 21.4 Å². The summed E-state index contributed by atoms with van der Waals surface area (Å²) in [4.78, 5) is 12.5. The lowest BCUT2D eigenvalue weighted by Gasteiger charge is -2.17. The fourth-order valence-electron chi connectivity index (χ4n) is 1.41. The fraction of sp³-hybridized carbons (Fsp3) is 0.545. The molecule has 0 saturated carbocycles. The normalized spacial score (nSPS) is 14.9. The van der Waals surface area contributed by atoms with Crippen LogP contribution in [0.4, 0.5) is 0 Å². The number of rotatable bonds is 6. The Bertz CT molecular complexity index is 539. The molecule has 0 aromatic carbocycles. The van der Waals surface area contributed by atoms with Crippen molar-refractivity contribution in [2.24, 2.45) is 16.8 Å². The molecule has 5 N–H and O–H groups in total. The number of nitrogens with one attached hydrogen (secondary N) is 1. The molecule has 1 aromatic heterocycles. The summed E-state index contributed by atoms with van der Waals surface area (Å²) in [6.45, 7) is 4.13. The molecule has 0 spiro atoms. The molecule has 0 saturated heterocycles. The molecule has 0 aliphatic rings. The maximum absolute atomic E-state index is 11.7. The molecule has 6 nitrogen and oxygen atoms in total. The number of carbonyl (C=O) groups is 1. The van der Waals surface area contributed by atoms with E-state index in [1.807, 2.05) is 13.8 Å². The SMILES string of the molecule is CCC(C)C(N)C(=O)NCc1ccc(S(N)(=O)=O)s1. The topological polar surface area (TPSA) is 115 Å². The molecule has 0 aliphatic heterocycles. The zero-order valence-electron chi connectivity index (χ0n) is 10.9. The Morgan fingerprint density at radius 2 is 2.11 bits per heavy atom. The van der Waals surface area contributed by atoms with Crippen LogP contribution >= 0.6 is 11.3 Å². The summed E-state index contributed by atoms with van der Waals surface area (Å²) in [5.41, 5.74) is 5.79. The standard InChI is InChI=1S/C11H19N3O3S2/c1-3-7(2)10(12)11(15)14-6-8-4-5-9(18-8)19(13,16)17/h4-5,7,10H,3,6,12H2,1-2H3,(H,14,15)(H2,13,16,17). The van der Waals surface area contributed by atoms with Gasteiger partial charge in [-0.05, 0) is 18.1 Å². The zero-order valence-corrected chi connectivity index (χ0v) is 12.6. The fourth-order valence-corrected chi connectivity index (χ4v) is 3.13. The van der Waals surface area contributed by atoms with Crippen molar-refractivity contribution in [1.29, 1.82) is 0 Å². The summed E-state index contributed by atoms with van der Waals surface area (Å²) in [5.74, 6) is -0.136. The van der Waals surface area contributed by atoms with Gasteiger partial charge in [0.25, 0.3) is 0 Å². The smallest absolute Gasteiger partial charge is 0.247 e. The number of primary sulfonamides is 1. The molecule has 1 rings (SSSR count). The van der Waals surface area contributed by atoms with Gasteiger partial charge >= 0.3 is 0 Å². The highest BCUT2D eigenvalue weighted by Crippen LogP contribution is 2.20. The van der Waals surface area contributed by atoms with Crippen LogP contribution in [-0.4, -0.2) is 20.4 Å². The van der Waals surface area contributed by atoms with Gasteiger partial charge in [-0.2, -0.15) is 0 Å². The molecule has 0 aliphatic carbocycles. The Morgan fingerprint density at radius 1 is 1.47 bits per heavy atom. The number of nitrogens with two attached hydrogens (primary N) is 2. The van der Waals surface area contributed by atoms with Crippen LogP contribution in [0.1, 0.15) is 25.1 Å². The molecular formula is C11H19N3O3S2. The van der Waals surface area contributed by atoms with E-state index in [-0.39, 0.29) is 22.6 Å². The van der Waals surface area contributed by atoms with E-state index >= 15 is 0 Å². The minimum Gasteiger partial charge on any atom is -0.350 e. The summed E-state index contributed by atoms with van der Waals surface area (Å²) in [6.07, 6.45) is 0.823. The summed E-state index contributed by atoms with van der Waals surface area (Å²) in [5, 5.41) is 7.70. The average Bonchev–Trinajstić information content (AvgIpc) is 2.82. The number of hydrogen-bond acceptors (Lipinski definition) is 5. The molecule has 1 aromatic rings. The third-order valence-corrected chi connectivity index (χ3v) is 5.44. The Kier molecular flexibility index (Phi) is 5.48. The number of thiophene rings is 1. The van der Waals surface area contributed by atoms with Gasteiger partial charge < -0.3 is 11.1 Å². The first-order valence-electron chi connectivity index (χ1n) is 5.90. The molecule has 1 amide bonds. The second kappa shape index (κ2) is 6.47. The Labute approximate surface area is 117 Å². The van der Waals surface area contributed by atoms with Crippen LogP contribution < -0.4 is 16.2 Å². The number of hydrogen-bond donors (Lipinski definition) is 3. The van der Waals surface area contributed by atoms with E-state index in [2.05, 4.69) is 5.32 Å². The molecule has 0 bridgehead atoms. The third kappa shape index (κ3) is 4.57. The van der Waals surface area contributed by atoms with Crippen LogP contribution in [0.5, 0.6) is 0 Å². The molecule has 19 heavy (non-hydrogen) atoms. The molecule has 2 unspecified atom stereocenters. The van der Waals surface area contributed by atoms with Crippen molar-refractivity contribution in [1.82, 2.24) is 5.32 Å². The molecule has 2 atom stereocenters. The average molecular weight is 305 g/mol. The summed E-state index contributed by atoms with van der Waals surface area (Å²) >= 11 is 1.04. The van der Waals surface area contributed by atoms with Crippen LogP contribution in [0.3, 0.4) is 0 Å². The predicted molar refractivity (Wildman–Crippen MR) is 75.0 cm³/mol. The molecular weight excluding hydrogens is 286 g/mol. The maximum Gasteiger partial charge on any atom is 0.247 e. The Balaban J connectivity index is 2.58. The third-order valence-electron chi connectivity index (χ3n) is 2.91. The monoisotopic (exact) mass is 305 g/mol. The van der Waals surface area contributed by atoms with Crippen molar-refractivity contribution < 1.29 is 13.2 Å². The van der Waals surface area contributed by atoms with Gasteiger partial charge in [0.15, 0.2) is 0 Å². The first kappa shape index (κ1) is 16.1. The first-order valence-corrected chi connectivity index (χ1v) is 8.26. The van der Waals surface area contributed by atoms with Crippen molar-refractivity contribution in [2.45, 2.75) is 37.1 Å². The van der Waals surface area contributed by atoms with Gasteiger partial charge in [0.1, 0.15) is 4.21 Å². The number of carbonyl (C=O) groups excluding carboxylic acids is 1. The minimum atomic E-state index is -3.67. The van der Waals surface area contributed by atoms with Gasteiger partial charge in [0, 0.05) is 4.88 Å². The van der Waals surface area contributed by atoms with Crippen LogP contribution in [0.15, 0.2) is 16.3 Å². The van der Waals surface area contributed by atoms with E-state index in [0.717, 1.165) is 17.8 Å². The first-order chi connectivity index (χ1) is 8.75. The van der Waals surface area contributed by atoms with Crippen molar-refractivity contribution in [3.05, 3.63) is 17.0 Å². The lowest BCUT2D eigenvalue weighted by atomic mass is 9.99. The summed E-state index contributed by atoms with van der Waals surface area (Å²) in [7, 11) is -3.67. The van der Waals surface area contributed by atoms with E-state index < -0.39 is 16.1 Å². The quantitative estimate of drug-likeness (QED) is 0.705. The van der Waals surface area contributed by atoms with Gasteiger partial charge in [-0.1, -0.05) is 20.3 Å². The molecule has 108 valence electrons. The van der Waals surface area contributed by atoms with Crippen molar-refractivity contribution >= 4 is 27.3 Å². The highest BCUT2D eigenvalue weighted by atomic mass is 32.2. The van der Waals surface area contributed by atoms with Crippen molar-refractivity contribution in [3.63, 3.8) is 0 Å². The molecule has 8 heteroatoms. The van der Waals surface area contributed by atoms with Crippen LogP contribution in [0.2, 0.25) is 0 Å². The van der Waals surface area contributed by atoms with Crippen LogP contribution in [0, 0.1) is 5.92 Å². The second-order valence-electron chi connectivity index (χ2n) is 4.39. The second-order valence-corrected chi connectivity index (χ2v) is 7.35. The number of sulfonamides is 1. The van der Waals surface area contributed by atoms with Gasteiger partial charge in [-0.25, -0.2) is 13.6 Å². The highest BCUT2D eigenvalue weighted by molar-refractivity contribution is 7.91. The Morgan fingerprint density at radius 3 is 2.58 bits per heavy atom. The molecule has 0 radical (unpaired) electrons. The summed E-state index contributed by atoms with van der Waals surface area (Å²) < 4.78 is 22.3. The maximum atomic E-state index is 11.7. The van der Waals surface area contributed by atoms with E-state index in [9.17, 15) is 13.2 Å². The largest absolute Gasteiger partial charge is 0.350 e.